The van der Waals surface area contributed by atoms with Gasteiger partial charge in [0.15, 0.2) is 0 Å². The van der Waals surface area contributed by atoms with Crippen LogP contribution >= 0.6 is 0 Å². The van der Waals surface area contributed by atoms with Gasteiger partial charge in [-0.15, -0.1) is 0 Å². The van der Waals surface area contributed by atoms with Gasteiger partial charge in [0.2, 0.25) is 0 Å². The zero-order chi connectivity index (χ0) is 11.7. The molecule has 1 heterocycles. The predicted molar refractivity (Wildman–Crippen MR) is 66.1 cm³/mol. The molecule has 0 spiro atoms. The number of fused-ring (bicyclic) bond motifs is 1. The lowest BCUT2D eigenvalue weighted by molar-refractivity contribution is 0.571. The van der Waals surface area contributed by atoms with Gasteiger partial charge in [-0.1, -0.05) is 18.2 Å². The summed E-state index contributed by atoms with van der Waals surface area (Å²) in [5, 5.41) is 8.87. The molecule has 2 aliphatic rings. The van der Waals surface area contributed by atoms with Crippen molar-refractivity contribution in [3.63, 3.8) is 0 Å². The van der Waals surface area contributed by atoms with Crippen molar-refractivity contribution in [2.75, 3.05) is 0 Å². The zero-order valence-electron chi connectivity index (χ0n) is 9.87. The molecule has 3 rings (SSSR count). The summed E-state index contributed by atoms with van der Waals surface area (Å²) in [5.41, 5.74) is 10.6. The first-order chi connectivity index (χ1) is 8.36. The Labute approximate surface area is 102 Å². The van der Waals surface area contributed by atoms with Crippen LogP contribution in [0.5, 0.6) is 0 Å². The lowest BCUT2D eigenvalue weighted by Crippen LogP contribution is -2.29. The van der Waals surface area contributed by atoms with Crippen molar-refractivity contribution in [3.05, 3.63) is 34.9 Å². The molecule has 2 atom stereocenters. The van der Waals surface area contributed by atoms with Crippen LogP contribution in [0.25, 0.3) is 0 Å². The molecule has 17 heavy (non-hydrogen) atoms. The third-order valence-corrected chi connectivity index (χ3v) is 3.83. The van der Waals surface area contributed by atoms with Crippen LogP contribution in [0.3, 0.4) is 0 Å². The van der Waals surface area contributed by atoms with Crippen molar-refractivity contribution in [1.82, 2.24) is 10.9 Å². The van der Waals surface area contributed by atoms with Gasteiger partial charge in [-0.2, -0.15) is 5.26 Å². The Morgan fingerprint density at radius 2 is 1.94 bits per heavy atom. The van der Waals surface area contributed by atoms with E-state index in [-0.39, 0.29) is 12.1 Å². The summed E-state index contributed by atoms with van der Waals surface area (Å²) < 4.78 is 0. The number of hydrazine groups is 1. The molecule has 3 heteroatoms. The summed E-state index contributed by atoms with van der Waals surface area (Å²) in [6.45, 7) is 0. The molecule has 0 bridgehead atoms. The number of nitriles is 1. The predicted octanol–water partition coefficient (Wildman–Crippen LogP) is 2.00. The molecular formula is C14H17N3. The molecule has 1 fully saturated rings. The van der Waals surface area contributed by atoms with Gasteiger partial charge in [0.05, 0.1) is 6.07 Å². The summed E-state index contributed by atoms with van der Waals surface area (Å²) in [6.07, 6.45) is 5.94. The average Bonchev–Trinajstić information content (AvgIpc) is 2.87. The minimum Gasteiger partial charge on any atom is -0.249 e. The third kappa shape index (κ3) is 2.06. The molecule has 88 valence electrons. The molecule has 2 N–H and O–H groups in total. The van der Waals surface area contributed by atoms with Crippen molar-refractivity contribution in [2.45, 2.75) is 44.2 Å². The molecule has 0 aromatic heterocycles. The molecule has 1 aliphatic carbocycles. The largest absolute Gasteiger partial charge is 0.249 e. The molecule has 1 aromatic rings. The maximum Gasteiger partial charge on any atom is 0.110 e. The lowest BCUT2D eigenvalue weighted by Gasteiger charge is -2.18. The average molecular weight is 227 g/mol. The Morgan fingerprint density at radius 1 is 1.12 bits per heavy atom. The molecule has 0 saturated carbocycles. The summed E-state index contributed by atoms with van der Waals surface area (Å²) in [7, 11) is 0. The normalized spacial score (nSPS) is 27.5. The van der Waals surface area contributed by atoms with Gasteiger partial charge in [0.25, 0.3) is 0 Å². The van der Waals surface area contributed by atoms with Crippen LogP contribution in [0.15, 0.2) is 18.2 Å². The van der Waals surface area contributed by atoms with E-state index in [1.807, 2.05) is 0 Å². The van der Waals surface area contributed by atoms with Crippen LogP contribution in [0, 0.1) is 11.3 Å². The van der Waals surface area contributed by atoms with E-state index in [0.29, 0.717) is 0 Å². The fraction of sp³-hybridized carbons (Fsp3) is 0.500. The van der Waals surface area contributed by atoms with E-state index >= 15 is 0 Å². The smallest absolute Gasteiger partial charge is 0.110 e. The van der Waals surface area contributed by atoms with E-state index in [2.05, 4.69) is 35.1 Å². The summed E-state index contributed by atoms with van der Waals surface area (Å²) in [6, 6.07) is 9.28. The van der Waals surface area contributed by atoms with Gasteiger partial charge in [-0.25, -0.2) is 10.9 Å². The van der Waals surface area contributed by atoms with Crippen molar-refractivity contribution < 1.29 is 0 Å². The first-order valence-electron chi connectivity index (χ1n) is 6.39. The van der Waals surface area contributed by atoms with Gasteiger partial charge in [0, 0.05) is 6.04 Å². The Hall–Kier alpha value is -1.37. The van der Waals surface area contributed by atoms with Crippen LogP contribution in [0.4, 0.5) is 0 Å². The van der Waals surface area contributed by atoms with Gasteiger partial charge in [-0.05, 0) is 48.8 Å². The second-order valence-electron chi connectivity index (χ2n) is 4.99. The third-order valence-electron chi connectivity index (χ3n) is 3.83. The van der Waals surface area contributed by atoms with E-state index in [4.69, 9.17) is 5.26 Å². The maximum absolute atomic E-state index is 8.87. The summed E-state index contributed by atoms with van der Waals surface area (Å²) in [4.78, 5) is 0. The highest BCUT2D eigenvalue weighted by molar-refractivity contribution is 5.35. The maximum atomic E-state index is 8.87. The second kappa shape index (κ2) is 4.48. The van der Waals surface area contributed by atoms with E-state index < -0.39 is 0 Å². The molecule has 2 unspecified atom stereocenters. The molecule has 1 saturated heterocycles. The fourth-order valence-electron chi connectivity index (χ4n) is 2.83. The number of nitrogens with zero attached hydrogens (tertiary/aromatic N) is 1. The van der Waals surface area contributed by atoms with Gasteiger partial charge >= 0.3 is 0 Å². The number of nitrogens with one attached hydrogen (secondary N) is 2. The highest BCUT2D eigenvalue weighted by atomic mass is 15.4. The van der Waals surface area contributed by atoms with Crippen molar-refractivity contribution in [1.29, 1.82) is 5.26 Å². The van der Waals surface area contributed by atoms with E-state index in [9.17, 15) is 0 Å². The SMILES string of the molecule is N#CC1CC(c2ccc3c(c2)CCCC3)NN1. The minimum absolute atomic E-state index is 0.0592. The highest BCUT2D eigenvalue weighted by Crippen LogP contribution is 2.27. The van der Waals surface area contributed by atoms with Crippen molar-refractivity contribution in [2.24, 2.45) is 0 Å². The van der Waals surface area contributed by atoms with Gasteiger partial charge < -0.3 is 0 Å². The van der Waals surface area contributed by atoms with E-state index in [0.717, 1.165) is 6.42 Å². The van der Waals surface area contributed by atoms with Gasteiger partial charge in [0.1, 0.15) is 6.04 Å². The van der Waals surface area contributed by atoms with Crippen LogP contribution in [0.1, 0.15) is 42.0 Å². The number of benzene rings is 1. The van der Waals surface area contributed by atoms with Crippen molar-refractivity contribution in [3.8, 4) is 6.07 Å². The Bertz CT molecular complexity index is 461. The Morgan fingerprint density at radius 3 is 2.71 bits per heavy atom. The molecule has 1 aromatic carbocycles. The standard InChI is InChI=1S/C14H17N3/c15-9-13-8-14(17-16-13)12-6-5-10-3-1-2-4-11(10)7-12/h5-7,13-14,16-17H,1-4,8H2. The van der Waals surface area contributed by atoms with Crippen molar-refractivity contribution >= 4 is 0 Å². The first kappa shape index (κ1) is 10.8. The minimum atomic E-state index is -0.0592. The summed E-state index contributed by atoms with van der Waals surface area (Å²) in [5.74, 6) is 0. The first-order valence-corrected chi connectivity index (χ1v) is 6.39. The molecule has 1 aliphatic heterocycles. The Balaban J connectivity index is 1.82. The molecule has 0 radical (unpaired) electrons. The Kier molecular flexibility index (Phi) is 2.84. The molecular weight excluding hydrogens is 210 g/mol. The number of hydrogen-bond acceptors (Lipinski definition) is 3. The number of rotatable bonds is 1. The number of hydrogen-bond donors (Lipinski definition) is 2. The topological polar surface area (TPSA) is 47.9 Å². The highest BCUT2D eigenvalue weighted by Gasteiger charge is 2.25. The number of aryl methyl sites for hydroxylation is 2. The monoisotopic (exact) mass is 227 g/mol. The lowest BCUT2D eigenvalue weighted by atomic mass is 9.88. The van der Waals surface area contributed by atoms with Crippen LogP contribution < -0.4 is 10.9 Å². The fourth-order valence-corrected chi connectivity index (χ4v) is 2.83. The quantitative estimate of drug-likeness (QED) is 0.771. The second-order valence-corrected chi connectivity index (χ2v) is 4.99. The van der Waals surface area contributed by atoms with Crippen LogP contribution in [-0.4, -0.2) is 6.04 Å². The van der Waals surface area contributed by atoms with Crippen LogP contribution in [0.2, 0.25) is 0 Å². The van der Waals surface area contributed by atoms with Gasteiger partial charge in [-0.3, -0.25) is 0 Å². The van der Waals surface area contributed by atoms with Crippen LogP contribution in [-0.2, 0) is 12.8 Å². The van der Waals surface area contributed by atoms with E-state index in [1.54, 1.807) is 0 Å². The molecule has 0 amide bonds. The molecule has 3 nitrogen and oxygen atoms in total. The summed E-state index contributed by atoms with van der Waals surface area (Å²) >= 11 is 0. The van der Waals surface area contributed by atoms with E-state index in [1.165, 1.54) is 42.4 Å². The zero-order valence-corrected chi connectivity index (χ0v) is 9.87.